The molecule has 0 saturated heterocycles. The zero-order valence-electron chi connectivity index (χ0n) is 11.3. The van der Waals surface area contributed by atoms with E-state index in [4.69, 9.17) is 5.73 Å². The van der Waals surface area contributed by atoms with Crippen LogP contribution in [0.1, 0.15) is 33.4 Å². The Morgan fingerprint density at radius 3 is 2.06 bits per heavy atom. The predicted octanol–water partition coefficient (Wildman–Crippen LogP) is 2.05. The first kappa shape index (κ1) is 13.9. The Bertz CT molecular complexity index is 326. The van der Waals surface area contributed by atoms with Crippen molar-refractivity contribution in [2.24, 2.45) is 17.6 Å². The largest absolute Gasteiger partial charge is 0.355 e. The summed E-state index contributed by atoms with van der Waals surface area (Å²) in [7, 11) is 0. The Morgan fingerprint density at radius 2 is 1.59 bits per heavy atom. The third-order valence-electron chi connectivity index (χ3n) is 2.42. The molecule has 0 bridgehead atoms. The first-order valence-electron chi connectivity index (χ1n) is 6.29. The molecule has 0 aliphatic rings. The van der Waals surface area contributed by atoms with Crippen LogP contribution in [0.25, 0.3) is 0 Å². The molecule has 0 aromatic carbocycles. The van der Waals surface area contributed by atoms with Crippen LogP contribution in [0.15, 0.2) is 12.4 Å². The standard InChI is InChI=1S/C13H24N4/c1-10(2)8-17(9-11(3)4)13-12(7-14)15-5-6-16-13/h5-6,10-11H,7-9,14H2,1-4H3. The summed E-state index contributed by atoms with van der Waals surface area (Å²) in [5.41, 5.74) is 6.60. The summed E-state index contributed by atoms with van der Waals surface area (Å²) in [5, 5.41) is 0. The van der Waals surface area contributed by atoms with Gasteiger partial charge in [0.25, 0.3) is 0 Å². The first-order chi connectivity index (χ1) is 8.04. The molecule has 4 nitrogen and oxygen atoms in total. The van der Waals surface area contributed by atoms with E-state index in [1.165, 1.54) is 0 Å². The van der Waals surface area contributed by atoms with Crippen molar-refractivity contribution in [2.45, 2.75) is 34.2 Å². The van der Waals surface area contributed by atoms with Crippen molar-refractivity contribution < 1.29 is 0 Å². The third kappa shape index (κ3) is 4.30. The molecule has 0 fully saturated rings. The summed E-state index contributed by atoms with van der Waals surface area (Å²) in [6, 6.07) is 0. The van der Waals surface area contributed by atoms with Crippen LogP contribution in [0.3, 0.4) is 0 Å². The molecule has 1 rings (SSSR count). The van der Waals surface area contributed by atoms with E-state index in [-0.39, 0.29) is 0 Å². The Hall–Kier alpha value is -1.16. The lowest BCUT2D eigenvalue weighted by molar-refractivity contribution is 0.546. The topological polar surface area (TPSA) is 55.0 Å². The Balaban J connectivity index is 2.94. The second-order valence-corrected chi connectivity index (χ2v) is 5.22. The van der Waals surface area contributed by atoms with Gasteiger partial charge in [0.1, 0.15) is 0 Å². The molecule has 1 aromatic heterocycles. The maximum absolute atomic E-state index is 5.72. The summed E-state index contributed by atoms with van der Waals surface area (Å²) in [6.07, 6.45) is 3.44. The number of rotatable bonds is 6. The van der Waals surface area contributed by atoms with E-state index < -0.39 is 0 Å². The summed E-state index contributed by atoms with van der Waals surface area (Å²) in [6.45, 7) is 11.3. The van der Waals surface area contributed by atoms with E-state index >= 15 is 0 Å². The van der Waals surface area contributed by atoms with Gasteiger partial charge >= 0.3 is 0 Å². The molecular formula is C13H24N4. The Kier molecular flexibility index (Phi) is 5.35. The van der Waals surface area contributed by atoms with E-state index in [1.54, 1.807) is 12.4 Å². The molecule has 17 heavy (non-hydrogen) atoms. The fraction of sp³-hybridized carbons (Fsp3) is 0.692. The lowest BCUT2D eigenvalue weighted by Gasteiger charge is -2.28. The van der Waals surface area contributed by atoms with Crippen LogP contribution in [0, 0.1) is 11.8 Å². The van der Waals surface area contributed by atoms with Gasteiger partial charge < -0.3 is 10.6 Å². The van der Waals surface area contributed by atoms with E-state index in [1.807, 2.05) is 0 Å². The molecule has 96 valence electrons. The van der Waals surface area contributed by atoms with Gasteiger partial charge in [-0.15, -0.1) is 0 Å². The van der Waals surface area contributed by atoms with Crippen molar-refractivity contribution in [3.8, 4) is 0 Å². The summed E-state index contributed by atoms with van der Waals surface area (Å²) in [5.74, 6) is 2.14. The average molecular weight is 236 g/mol. The van der Waals surface area contributed by atoms with Crippen LogP contribution < -0.4 is 10.6 Å². The van der Waals surface area contributed by atoms with Gasteiger partial charge in [0, 0.05) is 32.0 Å². The molecule has 0 radical (unpaired) electrons. The maximum atomic E-state index is 5.72. The van der Waals surface area contributed by atoms with Crippen molar-refractivity contribution in [2.75, 3.05) is 18.0 Å². The van der Waals surface area contributed by atoms with Crippen molar-refractivity contribution in [1.82, 2.24) is 9.97 Å². The van der Waals surface area contributed by atoms with E-state index in [9.17, 15) is 0 Å². The summed E-state index contributed by atoms with van der Waals surface area (Å²) >= 11 is 0. The molecule has 0 spiro atoms. The van der Waals surface area contributed by atoms with Crippen LogP contribution in [0.4, 0.5) is 5.82 Å². The third-order valence-corrected chi connectivity index (χ3v) is 2.42. The molecule has 4 heteroatoms. The van der Waals surface area contributed by atoms with Crippen molar-refractivity contribution in [3.05, 3.63) is 18.1 Å². The molecule has 1 aromatic rings. The second kappa shape index (κ2) is 6.55. The highest BCUT2D eigenvalue weighted by atomic mass is 15.2. The van der Waals surface area contributed by atoms with Crippen molar-refractivity contribution >= 4 is 5.82 Å². The minimum atomic E-state index is 0.440. The van der Waals surface area contributed by atoms with Crippen LogP contribution >= 0.6 is 0 Å². The molecule has 0 aliphatic heterocycles. The molecule has 0 atom stereocenters. The predicted molar refractivity (Wildman–Crippen MR) is 71.8 cm³/mol. The minimum Gasteiger partial charge on any atom is -0.355 e. The number of hydrogen-bond acceptors (Lipinski definition) is 4. The van der Waals surface area contributed by atoms with E-state index in [2.05, 4.69) is 42.6 Å². The molecular weight excluding hydrogens is 212 g/mol. The van der Waals surface area contributed by atoms with Crippen LogP contribution in [0.2, 0.25) is 0 Å². The van der Waals surface area contributed by atoms with Crippen molar-refractivity contribution in [3.63, 3.8) is 0 Å². The number of aromatic nitrogens is 2. The highest BCUT2D eigenvalue weighted by Gasteiger charge is 2.15. The molecule has 0 saturated carbocycles. The van der Waals surface area contributed by atoms with Gasteiger partial charge in [0.2, 0.25) is 0 Å². The number of hydrogen-bond donors (Lipinski definition) is 1. The minimum absolute atomic E-state index is 0.440. The highest BCUT2D eigenvalue weighted by molar-refractivity contribution is 5.43. The van der Waals surface area contributed by atoms with Crippen LogP contribution in [0.5, 0.6) is 0 Å². The summed E-state index contributed by atoms with van der Waals surface area (Å²) < 4.78 is 0. The van der Waals surface area contributed by atoms with E-state index in [0.717, 1.165) is 24.6 Å². The molecule has 0 amide bonds. The van der Waals surface area contributed by atoms with Gasteiger partial charge in [-0.05, 0) is 11.8 Å². The number of nitrogens with zero attached hydrogens (tertiary/aromatic N) is 3. The fourth-order valence-corrected chi connectivity index (χ4v) is 1.90. The first-order valence-corrected chi connectivity index (χ1v) is 6.29. The second-order valence-electron chi connectivity index (χ2n) is 5.22. The zero-order valence-corrected chi connectivity index (χ0v) is 11.3. The Morgan fingerprint density at radius 1 is 1.06 bits per heavy atom. The quantitative estimate of drug-likeness (QED) is 0.821. The maximum Gasteiger partial charge on any atom is 0.151 e. The van der Waals surface area contributed by atoms with E-state index in [0.29, 0.717) is 18.4 Å². The summed E-state index contributed by atoms with van der Waals surface area (Å²) in [4.78, 5) is 11.0. The average Bonchev–Trinajstić information content (AvgIpc) is 2.27. The molecule has 2 N–H and O–H groups in total. The number of anilines is 1. The lowest BCUT2D eigenvalue weighted by atomic mass is 10.1. The van der Waals surface area contributed by atoms with Crippen LogP contribution in [-0.4, -0.2) is 23.1 Å². The monoisotopic (exact) mass is 236 g/mol. The van der Waals surface area contributed by atoms with Gasteiger partial charge in [-0.3, -0.25) is 4.98 Å². The fourth-order valence-electron chi connectivity index (χ4n) is 1.90. The Labute approximate surface area is 104 Å². The van der Waals surface area contributed by atoms with Gasteiger partial charge in [0.05, 0.1) is 5.69 Å². The molecule has 0 aliphatic carbocycles. The van der Waals surface area contributed by atoms with Gasteiger partial charge in [0.15, 0.2) is 5.82 Å². The molecule has 1 heterocycles. The molecule has 0 unspecified atom stereocenters. The van der Waals surface area contributed by atoms with Gasteiger partial charge in [-0.1, -0.05) is 27.7 Å². The number of nitrogens with two attached hydrogens (primary N) is 1. The van der Waals surface area contributed by atoms with Gasteiger partial charge in [-0.2, -0.15) is 0 Å². The zero-order chi connectivity index (χ0) is 12.8. The normalized spacial score (nSPS) is 11.2. The van der Waals surface area contributed by atoms with Crippen LogP contribution in [-0.2, 0) is 6.54 Å². The lowest BCUT2D eigenvalue weighted by Crippen LogP contribution is -2.33. The van der Waals surface area contributed by atoms with Gasteiger partial charge in [-0.25, -0.2) is 4.98 Å². The highest BCUT2D eigenvalue weighted by Crippen LogP contribution is 2.17. The smallest absolute Gasteiger partial charge is 0.151 e. The SMILES string of the molecule is CC(C)CN(CC(C)C)c1nccnc1CN. The van der Waals surface area contributed by atoms with Crippen molar-refractivity contribution in [1.29, 1.82) is 0 Å².